The largest absolute Gasteiger partial charge is 0.355 e. The van der Waals surface area contributed by atoms with Crippen molar-refractivity contribution in [2.75, 3.05) is 20.1 Å². The fourth-order valence-electron chi connectivity index (χ4n) is 3.80. The third-order valence-electron chi connectivity index (χ3n) is 5.52. The zero-order chi connectivity index (χ0) is 20.0. The Labute approximate surface area is 167 Å². The van der Waals surface area contributed by atoms with E-state index in [4.69, 9.17) is 0 Å². The van der Waals surface area contributed by atoms with Gasteiger partial charge in [-0.2, -0.15) is 4.31 Å². The molecule has 2 aromatic carbocycles. The molecule has 1 aliphatic rings. The summed E-state index contributed by atoms with van der Waals surface area (Å²) in [7, 11) is -2.21. The highest BCUT2D eigenvalue weighted by Crippen LogP contribution is 2.35. The van der Waals surface area contributed by atoms with Crippen LogP contribution in [0.5, 0.6) is 0 Å². The van der Waals surface area contributed by atoms with Crippen LogP contribution in [0.1, 0.15) is 37.2 Å². The molecule has 0 unspecified atom stereocenters. The smallest absolute Gasteiger partial charge is 0.243 e. The fraction of sp³-hybridized carbons (Fsp3) is 0.409. The van der Waals surface area contributed by atoms with Gasteiger partial charge in [-0.15, -0.1) is 0 Å². The van der Waals surface area contributed by atoms with Gasteiger partial charge in [0.25, 0.3) is 0 Å². The third-order valence-corrected chi connectivity index (χ3v) is 7.34. The number of nitrogens with zero attached hydrogens (tertiary/aromatic N) is 1. The lowest BCUT2D eigenvalue weighted by Gasteiger charge is -2.29. The summed E-state index contributed by atoms with van der Waals surface area (Å²) in [6, 6.07) is 18.8. The molecule has 0 atom stereocenters. The second-order valence-corrected chi connectivity index (χ2v) is 9.55. The van der Waals surface area contributed by atoms with Gasteiger partial charge >= 0.3 is 0 Å². The van der Waals surface area contributed by atoms with E-state index in [9.17, 15) is 13.2 Å². The van der Waals surface area contributed by atoms with Crippen molar-refractivity contribution in [3.63, 3.8) is 0 Å². The predicted octanol–water partition coefficient (Wildman–Crippen LogP) is 3.40. The van der Waals surface area contributed by atoms with E-state index in [0.29, 0.717) is 18.4 Å². The van der Waals surface area contributed by atoms with E-state index in [-0.39, 0.29) is 17.3 Å². The first kappa shape index (κ1) is 20.6. The van der Waals surface area contributed by atoms with E-state index in [1.54, 1.807) is 18.2 Å². The summed E-state index contributed by atoms with van der Waals surface area (Å²) in [5.41, 5.74) is 1.40. The maximum Gasteiger partial charge on any atom is 0.243 e. The molecule has 150 valence electrons. The van der Waals surface area contributed by atoms with Crippen LogP contribution in [0.3, 0.4) is 0 Å². The Hall–Kier alpha value is -2.18. The van der Waals surface area contributed by atoms with Crippen LogP contribution >= 0.6 is 0 Å². The molecular weight excluding hydrogens is 372 g/mol. The van der Waals surface area contributed by atoms with E-state index < -0.39 is 10.0 Å². The molecule has 0 saturated heterocycles. The summed E-state index contributed by atoms with van der Waals surface area (Å²) in [5.74, 6) is 0.808. The second kappa shape index (κ2) is 9.34. The fourth-order valence-corrected chi connectivity index (χ4v) is 4.95. The Morgan fingerprint density at radius 3 is 2.14 bits per heavy atom. The van der Waals surface area contributed by atoms with E-state index in [2.05, 4.69) is 29.6 Å². The van der Waals surface area contributed by atoms with Crippen molar-refractivity contribution in [2.24, 2.45) is 5.92 Å². The van der Waals surface area contributed by atoms with Crippen LogP contribution in [-0.2, 0) is 14.8 Å². The highest BCUT2D eigenvalue weighted by Gasteiger charge is 2.25. The van der Waals surface area contributed by atoms with Crippen LogP contribution in [0.2, 0.25) is 0 Å². The molecule has 0 spiro atoms. The molecule has 6 heteroatoms. The zero-order valence-corrected chi connectivity index (χ0v) is 17.1. The first-order valence-corrected chi connectivity index (χ1v) is 11.2. The molecule has 5 nitrogen and oxygen atoms in total. The van der Waals surface area contributed by atoms with Crippen LogP contribution in [-0.4, -0.2) is 38.8 Å². The maximum absolute atomic E-state index is 12.5. The normalized spacial score (nSPS) is 20.1. The summed E-state index contributed by atoms with van der Waals surface area (Å²) < 4.78 is 26.1. The lowest BCUT2D eigenvalue weighted by atomic mass is 9.79. The SMILES string of the molecule is CN(CC(=O)NCC1CCC(c2ccccc2)CC1)S(=O)(=O)c1ccccc1. The molecule has 1 amide bonds. The van der Waals surface area contributed by atoms with Crippen molar-refractivity contribution in [3.8, 4) is 0 Å². The Balaban J connectivity index is 1.44. The van der Waals surface area contributed by atoms with Crippen molar-refractivity contribution in [1.82, 2.24) is 9.62 Å². The van der Waals surface area contributed by atoms with Gasteiger partial charge in [-0.05, 0) is 55.2 Å². The monoisotopic (exact) mass is 400 g/mol. The number of rotatable bonds is 7. The maximum atomic E-state index is 12.5. The van der Waals surface area contributed by atoms with Gasteiger partial charge in [0.2, 0.25) is 15.9 Å². The van der Waals surface area contributed by atoms with E-state index in [1.165, 1.54) is 24.7 Å². The molecule has 1 saturated carbocycles. The number of nitrogens with one attached hydrogen (secondary N) is 1. The van der Waals surface area contributed by atoms with Crippen molar-refractivity contribution in [1.29, 1.82) is 0 Å². The number of sulfonamides is 1. The first-order valence-electron chi connectivity index (χ1n) is 9.80. The van der Waals surface area contributed by atoms with Gasteiger partial charge < -0.3 is 5.32 Å². The standard InChI is InChI=1S/C22H28N2O3S/c1-24(28(26,27)21-10-6-3-7-11-21)17-22(25)23-16-18-12-14-20(15-13-18)19-8-4-2-5-9-19/h2-11,18,20H,12-17H2,1H3,(H,23,25). The van der Waals surface area contributed by atoms with Crippen LogP contribution < -0.4 is 5.32 Å². The third kappa shape index (κ3) is 5.20. The molecule has 0 radical (unpaired) electrons. The van der Waals surface area contributed by atoms with Crippen molar-refractivity contribution >= 4 is 15.9 Å². The minimum atomic E-state index is -3.64. The molecule has 1 N–H and O–H groups in total. The van der Waals surface area contributed by atoms with Crippen molar-refractivity contribution in [3.05, 3.63) is 66.2 Å². The number of likely N-dealkylation sites (N-methyl/N-ethyl adjacent to an activating group) is 1. The van der Waals surface area contributed by atoms with Crippen LogP contribution in [0, 0.1) is 5.92 Å². The topological polar surface area (TPSA) is 66.5 Å². The number of carbonyl (C=O) groups excluding carboxylic acids is 1. The van der Waals surface area contributed by atoms with Gasteiger partial charge in [0, 0.05) is 13.6 Å². The quantitative estimate of drug-likeness (QED) is 0.775. The molecule has 28 heavy (non-hydrogen) atoms. The van der Waals surface area contributed by atoms with E-state index in [1.807, 2.05) is 6.07 Å². The Morgan fingerprint density at radius 1 is 0.964 bits per heavy atom. The molecule has 0 heterocycles. The van der Waals surface area contributed by atoms with Gasteiger partial charge in [-0.3, -0.25) is 4.79 Å². The van der Waals surface area contributed by atoms with Crippen molar-refractivity contribution in [2.45, 2.75) is 36.5 Å². The van der Waals surface area contributed by atoms with Crippen LogP contribution in [0.15, 0.2) is 65.6 Å². The van der Waals surface area contributed by atoms with Crippen molar-refractivity contribution < 1.29 is 13.2 Å². The average Bonchev–Trinajstić information content (AvgIpc) is 2.74. The number of amides is 1. The van der Waals surface area contributed by atoms with Gasteiger partial charge in [0.1, 0.15) is 0 Å². The van der Waals surface area contributed by atoms with Gasteiger partial charge in [0.05, 0.1) is 11.4 Å². The second-order valence-electron chi connectivity index (χ2n) is 7.51. The minimum absolute atomic E-state index is 0.170. The number of carbonyl (C=O) groups is 1. The molecule has 1 aliphatic carbocycles. The molecule has 2 aromatic rings. The Bertz CT molecular complexity index is 861. The highest BCUT2D eigenvalue weighted by atomic mass is 32.2. The molecule has 0 bridgehead atoms. The Kier molecular flexibility index (Phi) is 6.86. The lowest BCUT2D eigenvalue weighted by molar-refractivity contribution is -0.121. The first-order chi connectivity index (χ1) is 13.5. The summed E-state index contributed by atoms with van der Waals surface area (Å²) >= 11 is 0. The molecule has 3 rings (SSSR count). The molecule has 1 fully saturated rings. The van der Waals surface area contributed by atoms with Crippen LogP contribution in [0.25, 0.3) is 0 Å². The number of benzene rings is 2. The summed E-state index contributed by atoms with van der Waals surface area (Å²) in [4.78, 5) is 12.4. The lowest BCUT2D eigenvalue weighted by Crippen LogP contribution is -2.40. The Morgan fingerprint density at radius 2 is 1.54 bits per heavy atom. The minimum Gasteiger partial charge on any atom is -0.355 e. The highest BCUT2D eigenvalue weighted by molar-refractivity contribution is 7.89. The van der Waals surface area contributed by atoms with E-state index >= 15 is 0 Å². The van der Waals surface area contributed by atoms with E-state index in [0.717, 1.165) is 30.0 Å². The number of hydrogen-bond acceptors (Lipinski definition) is 3. The van der Waals surface area contributed by atoms with Gasteiger partial charge in [-0.25, -0.2) is 8.42 Å². The zero-order valence-electron chi connectivity index (χ0n) is 16.3. The number of hydrogen-bond donors (Lipinski definition) is 1. The summed E-state index contributed by atoms with van der Waals surface area (Å²) in [5, 5.41) is 2.92. The average molecular weight is 401 g/mol. The van der Waals surface area contributed by atoms with Gasteiger partial charge in [0.15, 0.2) is 0 Å². The summed E-state index contributed by atoms with van der Waals surface area (Å²) in [6.45, 7) is 0.441. The molecule has 0 aromatic heterocycles. The molecule has 0 aliphatic heterocycles. The van der Waals surface area contributed by atoms with Gasteiger partial charge in [-0.1, -0.05) is 48.5 Å². The van der Waals surface area contributed by atoms with Crippen LogP contribution in [0.4, 0.5) is 0 Å². The molecular formula is C22H28N2O3S. The predicted molar refractivity (Wildman–Crippen MR) is 110 cm³/mol. The summed E-state index contributed by atoms with van der Waals surface area (Å²) in [6.07, 6.45) is 4.43.